The number of aryl methyl sites for hydroxylation is 1. The molecule has 1 amide bonds. The molecule has 4 heteroatoms. The Balaban J connectivity index is 0.00000220. The summed E-state index contributed by atoms with van der Waals surface area (Å²) in [6.07, 6.45) is 7.59. The van der Waals surface area contributed by atoms with Crippen molar-refractivity contribution in [1.82, 2.24) is 0 Å². The molecule has 1 aliphatic rings. The van der Waals surface area contributed by atoms with Crippen LogP contribution < -0.4 is 11.1 Å². The van der Waals surface area contributed by atoms with Gasteiger partial charge in [-0.3, -0.25) is 4.79 Å². The fraction of sp³-hybridized carbons (Fsp3) is 0.588. The van der Waals surface area contributed by atoms with E-state index in [0.29, 0.717) is 5.69 Å². The van der Waals surface area contributed by atoms with E-state index in [-0.39, 0.29) is 24.2 Å². The van der Waals surface area contributed by atoms with E-state index < -0.39 is 0 Å². The van der Waals surface area contributed by atoms with Gasteiger partial charge in [0.2, 0.25) is 5.91 Å². The molecule has 1 atom stereocenters. The summed E-state index contributed by atoms with van der Waals surface area (Å²) in [7, 11) is 0. The maximum Gasteiger partial charge on any atom is 0.227 e. The van der Waals surface area contributed by atoms with Crippen LogP contribution in [0.15, 0.2) is 18.2 Å². The van der Waals surface area contributed by atoms with Crippen molar-refractivity contribution in [3.63, 3.8) is 0 Å². The molecule has 0 spiro atoms. The van der Waals surface area contributed by atoms with Gasteiger partial charge in [0.05, 0.1) is 0 Å². The zero-order chi connectivity index (χ0) is 14.5. The zero-order valence-electron chi connectivity index (χ0n) is 13.0. The van der Waals surface area contributed by atoms with Crippen LogP contribution in [0.1, 0.15) is 51.0 Å². The lowest BCUT2D eigenvalue weighted by atomic mass is 9.83. The van der Waals surface area contributed by atoms with E-state index in [4.69, 9.17) is 5.73 Å². The Morgan fingerprint density at radius 2 is 2.00 bits per heavy atom. The lowest BCUT2D eigenvalue weighted by molar-refractivity contribution is -0.120. The molecule has 1 aliphatic carbocycles. The smallest absolute Gasteiger partial charge is 0.227 e. The van der Waals surface area contributed by atoms with Crippen molar-refractivity contribution in [2.75, 3.05) is 11.1 Å². The summed E-state index contributed by atoms with van der Waals surface area (Å²) in [6, 6.07) is 5.63. The third kappa shape index (κ3) is 5.24. The van der Waals surface area contributed by atoms with Gasteiger partial charge in [0, 0.05) is 17.3 Å². The first kappa shape index (κ1) is 17.8. The molecule has 0 heterocycles. The molecule has 1 fully saturated rings. The zero-order valence-corrected chi connectivity index (χ0v) is 13.8. The average Bonchev–Trinajstić information content (AvgIpc) is 2.44. The van der Waals surface area contributed by atoms with Crippen molar-refractivity contribution in [2.24, 2.45) is 11.8 Å². The predicted molar refractivity (Wildman–Crippen MR) is 91.8 cm³/mol. The summed E-state index contributed by atoms with van der Waals surface area (Å²) in [5.74, 6) is 0.912. The molecular weight excluding hydrogens is 284 g/mol. The van der Waals surface area contributed by atoms with Gasteiger partial charge in [-0.25, -0.2) is 0 Å². The first-order chi connectivity index (χ1) is 9.56. The first-order valence-electron chi connectivity index (χ1n) is 7.73. The molecule has 3 nitrogen and oxygen atoms in total. The molecule has 0 aromatic heterocycles. The van der Waals surface area contributed by atoms with Gasteiger partial charge in [-0.2, -0.15) is 0 Å². The van der Waals surface area contributed by atoms with Crippen LogP contribution in [0.4, 0.5) is 11.4 Å². The summed E-state index contributed by atoms with van der Waals surface area (Å²) in [5.41, 5.74) is 8.35. The summed E-state index contributed by atoms with van der Waals surface area (Å²) in [5, 5.41) is 3.02. The minimum absolute atomic E-state index is 0. The number of anilines is 2. The second-order valence-corrected chi connectivity index (χ2v) is 6.20. The number of hydrogen-bond donors (Lipinski definition) is 2. The molecule has 1 aromatic carbocycles. The van der Waals surface area contributed by atoms with Gasteiger partial charge in [0.25, 0.3) is 0 Å². The van der Waals surface area contributed by atoms with Gasteiger partial charge in [-0.05, 0) is 37.0 Å². The molecule has 1 saturated carbocycles. The van der Waals surface area contributed by atoms with Crippen molar-refractivity contribution >= 4 is 29.7 Å². The molecular formula is C17H27ClN2O. The number of benzene rings is 1. The number of rotatable bonds is 4. The van der Waals surface area contributed by atoms with Crippen LogP contribution in [0, 0.1) is 18.8 Å². The monoisotopic (exact) mass is 310 g/mol. The Morgan fingerprint density at radius 1 is 1.33 bits per heavy atom. The van der Waals surface area contributed by atoms with E-state index in [9.17, 15) is 4.79 Å². The Kier molecular flexibility index (Phi) is 7.03. The second-order valence-electron chi connectivity index (χ2n) is 6.20. The van der Waals surface area contributed by atoms with E-state index in [0.717, 1.165) is 23.6 Å². The van der Waals surface area contributed by atoms with Crippen LogP contribution in [0.3, 0.4) is 0 Å². The molecule has 0 saturated heterocycles. The molecule has 0 aliphatic heterocycles. The van der Waals surface area contributed by atoms with Gasteiger partial charge < -0.3 is 11.1 Å². The minimum Gasteiger partial charge on any atom is -0.399 e. The largest absolute Gasteiger partial charge is 0.399 e. The Hall–Kier alpha value is -1.22. The van der Waals surface area contributed by atoms with Crippen LogP contribution in [-0.4, -0.2) is 5.91 Å². The van der Waals surface area contributed by atoms with Gasteiger partial charge in [-0.15, -0.1) is 12.4 Å². The van der Waals surface area contributed by atoms with E-state index in [2.05, 4.69) is 5.32 Å². The van der Waals surface area contributed by atoms with E-state index >= 15 is 0 Å². The number of nitrogen functional groups attached to an aromatic ring is 1. The number of halogens is 1. The van der Waals surface area contributed by atoms with E-state index in [1.807, 2.05) is 32.0 Å². The molecule has 0 radical (unpaired) electrons. The SMILES string of the molecule is Cc1ccc(N)cc1NC(=O)C(C)CC1CCCCC1.Cl. The Labute approximate surface area is 134 Å². The third-order valence-electron chi connectivity index (χ3n) is 4.38. The molecule has 3 N–H and O–H groups in total. The number of nitrogens with one attached hydrogen (secondary N) is 1. The first-order valence-corrected chi connectivity index (χ1v) is 7.73. The highest BCUT2D eigenvalue weighted by atomic mass is 35.5. The highest BCUT2D eigenvalue weighted by Gasteiger charge is 2.21. The molecule has 1 unspecified atom stereocenters. The van der Waals surface area contributed by atoms with Crippen LogP contribution in [0.25, 0.3) is 0 Å². The normalized spacial score (nSPS) is 16.9. The number of amides is 1. The Morgan fingerprint density at radius 3 is 2.67 bits per heavy atom. The standard InChI is InChI=1S/C17H26N2O.ClH/c1-12-8-9-15(18)11-16(12)19-17(20)13(2)10-14-6-4-3-5-7-14;/h8-9,11,13-14H,3-7,10,18H2,1-2H3,(H,19,20);1H. The minimum atomic E-state index is 0. The summed E-state index contributed by atoms with van der Waals surface area (Å²) in [4.78, 5) is 12.3. The van der Waals surface area contributed by atoms with E-state index in [1.54, 1.807) is 0 Å². The molecule has 21 heavy (non-hydrogen) atoms. The third-order valence-corrected chi connectivity index (χ3v) is 4.38. The van der Waals surface area contributed by atoms with Crippen LogP contribution in [0.2, 0.25) is 0 Å². The summed E-state index contributed by atoms with van der Waals surface area (Å²) >= 11 is 0. The van der Waals surface area contributed by atoms with Crippen molar-refractivity contribution in [1.29, 1.82) is 0 Å². The molecule has 2 rings (SSSR count). The summed E-state index contributed by atoms with van der Waals surface area (Å²) < 4.78 is 0. The lowest BCUT2D eigenvalue weighted by Gasteiger charge is -2.24. The van der Waals surface area contributed by atoms with Crippen molar-refractivity contribution in [2.45, 2.75) is 52.4 Å². The molecule has 1 aromatic rings. The topological polar surface area (TPSA) is 55.1 Å². The number of carbonyl (C=O) groups is 1. The average molecular weight is 311 g/mol. The van der Waals surface area contributed by atoms with Crippen molar-refractivity contribution in [3.05, 3.63) is 23.8 Å². The van der Waals surface area contributed by atoms with E-state index in [1.165, 1.54) is 32.1 Å². The van der Waals surface area contributed by atoms with Crippen LogP contribution in [0.5, 0.6) is 0 Å². The van der Waals surface area contributed by atoms with Crippen LogP contribution >= 0.6 is 12.4 Å². The van der Waals surface area contributed by atoms with Crippen LogP contribution in [-0.2, 0) is 4.79 Å². The highest BCUT2D eigenvalue weighted by molar-refractivity contribution is 5.93. The fourth-order valence-corrected chi connectivity index (χ4v) is 3.06. The second kappa shape index (κ2) is 8.28. The number of carbonyl (C=O) groups excluding carboxylic acids is 1. The number of hydrogen-bond acceptors (Lipinski definition) is 2. The van der Waals surface area contributed by atoms with Crippen molar-refractivity contribution in [3.8, 4) is 0 Å². The van der Waals surface area contributed by atoms with Gasteiger partial charge in [0.1, 0.15) is 0 Å². The van der Waals surface area contributed by atoms with Gasteiger partial charge >= 0.3 is 0 Å². The maximum absolute atomic E-state index is 12.3. The molecule has 118 valence electrons. The number of nitrogens with two attached hydrogens (primary N) is 1. The fourth-order valence-electron chi connectivity index (χ4n) is 3.06. The maximum atomic E-state index is 12.3. The van der Waals surface area contributed by atoms with Gasteiger partial charge in [0.15, 0.2) is 0 Å². The highest BCUT2D eigenvalue weighted by Crippen LogP contribution is 2.29. The summed E-state index contributed by atoms with van der Waals surface area (Å²) in [6.45, 7) is 4.02. The van der Waals surface area contributed by atoms with Gasteiger partial charge in [-0.1, -0.05) is 45.1 Å². The molecule has 0 bridgehead atoms. The van der Waals surface area contributed by atoms with Crippen molar-refractivity contribution < 1.29 is 4.79 Å². The lowest BCUT2D eigenvalue weighted by Crippen LogP contribution is -2.24. The Bertz CT molecular complexity index is 470. The predicted octanol–water partition coefficient (Wildman–Crippen LogP) is 4.54. The quantitative estimate of drug-likeness (QED) is 0.802.